The number of halogens is 2. The molecule has 1 heterocycles. The highest BCUT2D eigenvalue weighted by atomic mass is 35.5. The zero-order valence-corrected chi connectivity index (χ0v) is 14.0. The van der Waals surface area contributed by atoms with Crippen LogP contribution >= 0.6 is 23.2 Å². The van der Waals surface area contributed by atoms with Gasteiger partial charge in [0.15, 0.2) is 0 Å². The molecule has 0 radical (unpaired) electrons. The smallest absolute Gasteiger partial charge is 0.227 e. The molecule has 21 heavy (non-hydrogen) atoms. The number of carbonyl (C=O) groups excluding carboxylic acids is 1. The van der Waals surface area contributed by atoms with Crippen LogP contribution in [0.5, 0.6) is 0 Å². The lowest BCUT2D eigenvalue weighted by Gasteiger charge is -2.29. The summed E-state index contributed by atoms with van der Waals surface area (Å²) in [4.78, 5) is 14.5. The monoisotopic (exact) mass is 328 g/mol. The van der Waals surface area contributed by atoms with Gasteiger partial charge in [-0.3, -0.25) is 4.79 Å². The van der Waals surface area contributed by atoms with Crippen molar-refractivity contribution in [1.29, 1.82) is 0 Å². The van der Waals surface area contributed by atoms with Crippen molar-refractivity contribution < 1.29 is 4.79 Å². The highest BCUT2D eigenvalue weighted by Crippen LogP contribution is 2.23. The van der Waals surface area contributed by atoms with Gasteiger partial charge in [0.25, 0.3) is 0 Å². The maximum absolute atomic E-state index is 12.6. The molecule has 1 atom stereocenters. The van der Waals surface area contributed by atoms with Crippen molar-refractivity contribution in [1.82, 2.24) is 10.2 Å². The van der Waals surface area contributed by atoms with Crippen LogP contribution in [0.2, 0.25) is 10.0 Å². The average Bonchev–Trinajstić information content (AvgIpc) is 2.93. The van der Waals surface area contributed by atoms with Gasteiger partial charge in [-0.25, -0.2) is 0 Å². The van der Waals surface area contributed by atoms with Crippen LogP contribution in [-0.4, -0.2) is 36.0 Å². The van der Waals surface area contributed by atoms with E-state index in [4.69, 9.17) is 23.2 Å². The molecule has 1 fully saturated rings. The number of amides is 1. The second kappa shape index (κ2) is 7.48. The van der Waals surface area contributed by atoms with Crippen molar-refractivity contribution in [2.75, 3.05) is 13.1 Å². The molecule has 3 nitrogen and oxygen atoms in total. The molecule has 2 rings (SSSR count). The van der Waals surface area contributed by atoms with Gasteiger partial charge in [0.1, 0.15) is 0 Å². The van der Waals surface area contributed by atoms with Crippen molar-refractivity contribution in [3.63, 3.8) is 0 Å². The zero-order chi connectivity index (χ0) is 15.4. The molecular formula is C16H22Cl2N2O. The first-order valence-corrected chi connectivity index (χ1v) is 8.19. The van der Waals surface area contributed by atoms with Crippen LogP contribution in [0, 0.1) is 0 Å². The Morgan fingerprint density at radius 1 is 1.38 bits per heavy atom. The van der Waals surface area contributed by atoms with Gasteiger partial charge in [-0.1, -0.05) is 29.3 Å². The summed E-state index contributed by atoms with van der Waals surface area (Å²) in [5.41, 5.74) is 0.902. The quantitative estimate of drug-likeness (QED) is 0.896. The summed E-state index contributed by atoms with van der Waals surface area (Å²) in [6.45, 7) is 5.94. The molecule has 0 spiro atoms. The van der Waals surface area contributed by atoms with Gasteiger partial charge in [-0.15, -0.1) is 0 Å². The molecule has 1 aromatic carbocycles. The van der Waals surface area contributed by atoms with Crippen LogP contribution in [0.15, 0.2) is 18.2 Å². The van der Waals surface area contributed by atoms with E-state index >= 15 is 0 Å². The minimum atomic E-state index is 0.136. The fourth-order valence-electron chi connectivity index (χ4n) is 2.68. The Balaban J connectivity index is 2.01. The predicted molar refractivity (Wildman–Crippen MR) is 88.0 cm³/mol. The van der Waals surface area contributed by atoms with Crippen LogP contribution < -0.4 is 5.32 Å². The van der Waals surface area contributed by atoms with Crippen molar-refractivity contribution in [3.8, 4) is 0 Å². The lowest BCUT2D eigenvalue weighted by molar-refractivity contribution is -0.132. The second-order valence-corrected chi connectivity index (χ2v) is 6.67. The molecule has 0 saturated carbocycles. The Hall–Kier alpha value is -0.770. The molecule has 0 bridgehead atoms. The largest absolute Gasteiger partial charge is 0.338 e. The van der Waals surface area contributed by atoms with E-state index in [1.54, 1.807) is 12.1 Å². The summed E-state index contributed by atoms with van der Waals surface area (Å²) in [5, 5.41) is 4.46. The predicted octanol–water partition coefficient (Wildman–Crippen LogP) is 3.52. The maximum atomic E-state index is 12.6. The Morgan fingerprint density at radius 2 is 2.14 bits per heavy atom. The van der Waals surface area contributed by atoms with Crippen LogP contribution in [-0.2, 0) is 11.2 Å². The van der Waals surface area contributed by atoms with E-state index < -0.39 is 0 Å². The van der Waals surface area contributed by atoms with Crippen molar-refractivity contribution in [2.24, 2.45) is 0 Å². The molecule has 1 aromatic rings. The lowest BCUT2D eigenvalue weighted by atomic mass is 10.1. The highest BCUT2D eigenvalue weighted by Gasteiger charge is 2.23. The first-order chi connectivity index (χ1) is 9.97. The van der Waals surface area contributed by atoms with Crippen molar-refractivity contribution >= 4 is 29.1 Å². The fourth-order valence-corrected chi connectivity index (χ4v) is 3.00. The van der Waals surface area contributed by atoms with Gasteiger partial charge in [0.2, 0.25) is 5.91 Å². The topological polar surface area (TPSA) is 32.3 Å². The Kier molecular flexibility index (Phi) is 5.91. The normalized spacial score (nSPS) is 18.2. The third-order valence-electron chi connectivity index (χ3n) is 3.86. The standard InChI is InChI=1S/C16H22Cl2N2O/c1-11(2)20(10-13-4-3-7-19-13)16(21)9-12-5-6-14(17)15(18)8-12/h5-6,8,11,13,19H,3-4,7,9-10H2,1-2H3. The number of nitrogens with zero attached hydrogens (tertiary/aromatic N) is 1. The van der Waals surface area contributed by atoms with E-state index in [1.807, 2.05) is 11.0 Å². The Labute approximate surface area is 136 Å². The van der Waals surface area contributed by atoms with Gasteiger partial charge in [-0.05, 0) is 50.9 Å². The molecule has 116 valence electrons. The number of hydrogen-bond donors (Lipinski definition) is 1. The van der Waals surface area contributed by atoms with E-state index in [9.17, 15) is 4.79 Å². The van der Waals surface area contributed by atoms with Gasteiger partial charge in [0, 0.05) is 18.6 Å². The number of hydrogen-bond acceptors (Lipinski definition) is 2. The molecule has 0 aliphatic carbocycles. The first kappa shape index (κ1) is 16.6. The second-order valence-electron chi connectivity index (χ2n) is 5.86. The molecule has 1 unspecified atom stereocenters. The van der Waals surface area contributed by atoms with Gasteiger partial charge < -0.3 is 10.2 Å². The molecule has 5 heteroatoms. The SMILES string of the molecule is CC(C)N(CC1CCCN1)C(=O)Cc1ccc(Cl)c(Cl)c1. The molecule has 1 saturated heterocycles. The molecule has 1 amide bonds. The summed E-state index contributed by atoms with van der Waals surface area (Å²) < 4.78 is 0. The molecule has 0 aromatic heterocycles. The van der Waals surface area contributed by atoms with E-state index in [0.717, 1.165) is 25.1 Å². The molecule has 1 aliphatic heterocycles. The van der Waals surface area contributed by atoms with Crippen LogP contribution in [0.3, 0.4) is 0 Å². The minimum Gasteiger partial charge on any atom is -0.338 e. The Morgan fingerprint density at radius 3 is 2.71 bits per heavy atom. The summed E-state index contributed by atoms with van der Waals surface area (Å²) >= 11 is 11.9. The maximum Gasteiger partial charge on any atom is 0.227 e. The van der Waals surface area contributed by atoms with Gasteiger partial charge in [-0.2, -0.15) is 0 Å². The van der Waals surface area contributed by atoms with Gasteiger partial charge >= 0.3 is 0 Å². The minimum absolute atomic E-state index is 0.136. The first-order valence-electron chi connectivity index (χ1n) is 7.44. The highest BCUT2D eigenvalue weighted by molar-refractivity contribution is 6.42. The van der Waals surface area contributed by atoms with Crippen LogP contribution in [0.1, 0.15) is 32.3 Å². The van der Waals surface area contributed by atoms with Gasteiger partial charge in [0.05, 0.1) is 16.5 Å². The van der Waals surface area contributed by atoms with E-state index in [1.165, 1.54) is 6.42 Å². The third-order valence-corrected chi connectivity index (χ3v) is 4.60. The number of nitrogens with one attached hydrogen (secondary N) is 1. The molecule has 1 aliphatic rings. The summed E-state index contributed by atoms with van der Waals surface area (Å²) in [5.74, 6) is 0.136. The van der Waals surface area contributed by atoms with Crippen LogP contribution in [0.25, 0.3) is 0 Å². The third kappa shape index (κ3) is 4.60. The summed E-state index contributed by atoms with van der Waals surface area (Å²) in [6.07, 6.45) is 2.70. The lowest BCUT2D eigenvalue weighted by Crippen LogP contribution is -2.45. The summed E-state index contributed by atoms with van der Waals surface area (Å²) in [6, 6.07) is 5.99. The zero-order valence-electron chi connectivity index (χ0n) is 12.5. The van der Waals surface area contributed by atoms with E-state index in [2.05, 4.69) is 19.2 Å². The Bertz CT molecular complexity index is 499. The number of carbonyl (C=O) groups is 1. The van der Waals surface area contributed by atoms with E-state index in [0.29, 0.717) is 22.5 Å². The molecular weight excluding hydrogens is 307 g/mol. The van der Waals surface area contributed by atoms with Crippen molar-refractivity contribution in [3.05, 3.63) is 33.8 Å². The number of benzene rings is 1. The van der Waals surface area contributed by atoms with Crippen molar-refractivity contribution in [2.45, 2.75) is 45.2 Å². The summed E-state index contributed by atoms with van der Waals surface area (Å²) in [7, 11) is 0. The molecule has 1 N–H and O–H groups in total. The fraction of sp³-hybridized carbons (Fsp3) is 0.562. The number of rotatable bonds is 5. The van der Waals surface area contributed by atoms with E-state index in [-0.39, 0.29) is 11.9 Å². The average molecular weight is 329 g/mol. The van der Waals surface area contributed by atoms with Crippen LogP contribution in [0.4, 0.5) is 0 Å².